The molecule has 0 saturated heterocycles. The molecule has 0 atom stereocenters. The molecule has 0 aliphatic carbocycles. The molecule has 0 amide bonds. The van der Waals surface area contributed by atoms with Crippen molar-refractivity contribution in [3.63, 3.8) is 0 Å². The summed E-state index contributed by atoms with van der Waals surface area (Å²) >= 11 is 0. The number of carbonyl (C=O) groups is 2. The van der Waals surface area contributed by atoms with Crippen molar-refractivity contribution in [3.8, 4) is 0 Å². The number of ketones is 2. The lowest BCUT2D eigenvalue weighted by Crippen LogP contribution is -2.15. The molecule has 2 rings (SSSR count). The summed E-state index contributed by atoms with van der Waals surface area (Å²) in [7, 11) is 0. The summed E-state index contributed by atoms with van der Waals surface area (Å²) in [6.07, 6.45) is 1.64. The van der Waals surface area contributed by atoms with E-state index >= 15 is 0 Å². The first-order valence-corrected chi connectivity index (χ1v) is 5.63. The van der Waals surface area contributed by atoms with Crippen molar-refractivity contribution < 1.29 is 14.0 Å². The number of rotatable bonds is 4. The minimum absolute atomic E-state index is 0.185. The number of hydrogen-bond donors (Lipinski definition) is 0. The summed E-state index contributed by atoms with van der Waals surface area (Å²) in [5.74, 6) is -0.625. The highest BCUT2D eigenvalue weighted by Crippen LogP contribution is 2.22. The smallest absolute Gasteiger partial charge is 0.232 e. The summed E-state index contributed by atoms with van der Waals surface area (Å²) in [5, 5.41) is 0.703. The molecule has 0 bridgehead atoms. The Bertz CT molecular complexity index is 564. The molecule has 1 aromatic carbocycles. The number of para-hydroxylation sites is 1. The maximum Gasteiger partial charge on any atom is 0.232 e. The van der Waals surface area contributed by atoms with Crippen LogP contribution >= 0.6 is 0 Å². The van der Waals surface area contributed by atoms with Crippen LogP contribution < -0.4 is 0 Å². The fourth-order valence-corrected chi connectivity index (χ4v) is 1.77. The van der Waals surface area contributed by atoms with Gasteiger partial charge in [0, 0.05) is 11.8 Å². The van der Waals surface area contributed by atoms with Crippen molar-refractivity contribution in [1.29, 1.82) is 0 Å². The fraction of sp³-hybridized carbons (Fsp3) is 0.286. The highest BCUT2D eigenvalue weighted by atomic mass is 16.3. The first-order valence-electron chi connectivity index (χ1n) is 5.63. The molecule has 3 nitrogen and oxygen atoms in total. The van der Waals surface area contributed by atoms with Crippen LogP contribution in [0.5, 0.6) is 0 Å². The molecule has 1 heterocycles. The van der Waals surface area contributed by atoms with Gasteiger partial charge in [0.05, 0.1) is 5.56 Å². The van der Waals surface area contributed by atoms with E-state index < -0.39 is 5.78 Å². The average Bonchev–Trinajstić information content (AvgIpc) is 2.70. The molecule has 0 radical (unpaired) electrons. The molecular weight excluding hydrogens is 216 g/mol. The van der Waals surface area contributed by atoms with Crippen molar-refractivity contribution in [2.24, 2.45) is 5.92 Å². The van der Waals surface area contributed by atoms with Crippen molar-refractivity contribution >= 4 is 22.5 Å². The predicted octanol–water partition coefficient (Wildman–Crippen LogP) is 3.23. The molecule has 1 aromatic heterocycles. The van der Waals surface area contributed by atoms with Crippen LogP contribution in [0.4, 0.5) is 0 Å². The van der Waals surface area contributed by atoms with Gasteiger partial charge in [0.1, 0.15) is 11.8 Å². The molecule has 0 fully saturated rings. The maximum atomic E-state index is 11.9. The fourth-order valence-electron chi connectivity index (χ4n) is 1.77. The van der Waals surface area contributed by atoms with E-state index in [1.807, 2.05) is 26.0 Å². The minimum atomic E-state index is -0.455. The quantitative estimate of drug-likeness (QED) is 0.598. The molecule has 3 heteroatoms. The minimum Gasteiger partial charge on any atom is -0.464 e. The average molecular weight is 230 g/mol. The highest BCUT2D eigenvalue weighted by molar-refractivity contribution is 6.45. The zero-order valence-electron chi connectivity index (χ0n) is 9.90. The molecular formula is C14H14O3. The summed E-state index contributed by atoms with van der Waals surface area (Å²) in [4.78, 5) is 23.7. The van der Waals surface area contributed by atoms with Gasteiger partial charge in [-0.05, 0) is 12.0 Å². The molecule has 0 saturated carbocycles. The molecule has 17 heavy (non-hydrogen) atoms. The van der Waals surface area contributed by atoms with Crippen LogP contribution in [0.2, 0.25) is 0 Å². The number of carbonyl (C=O) groups excluding carboxylic acids is 2. The van der Waals surface area contributed by atoms with Crippen LogP contribution in [0.3, 0.4) is 0 Å². The molecule has 0 N–H and O–H groups in total. The lowest BCUT2D eigenvalue weighted by Gasteiger charge is -2.01. The van der Waals surface area contributed by atoms with Crippen molar-refractivity contribution in [2.75, 3.05) is 0 Å². The Hall–Kier alpha value is -1.90. The van der Waals surface area contributed by atoms with Gasteiger partial charge in [-0.2, -0.15) is 0 Å². The molecule has 0 spiro atoms. The van der Waals surface area contributed by atoms with Gasteiger partial charge in [0.25, 0.3) is 0 Å². The second kappa shape index (κ2) is 4.53. The van der Waals surface area contributed by atoms with E-state index in [0.29, 0.717) is 16.5 Å². The second-order valence-corrected chi connectivity index (χ2v) is 4.50. The van der Waals surface area contributed by atoms with E-state index in [2.05, 4.69) is 0 Å². The van der Waals surface area contributed by atoms with Gasteiger partial charge < -0.3 is 4.42 Å². The summed E-state index contributed by atoms with van der Waals surface area (Å²) in [6, 6.07) is 7.21. The van der Waals surface area contributed by atoms with Crippen LogP contribution in [0, 0.1) is 5.92 Å². The lowest BCUT2D eigenvalue weighted by molar-refractivity contribution is -0.115. The van der Waals surface area contributed by atoms with Crippen molar-refractivity contribution in [2.45, 2.75) is 20.3 Å². The van der Waals surface area contributed by atoms with E-state index in [1.165, 1.54) is 6.26 Å². The monoisotopic (exact) mass is 230 g/mol. The molecule has 0 aliphatic heterocycles. The van der Waals surface area contributed by atoms with Crippen LogP contribution in [-0.4, -0.2) is 11.6 Å². The maximum absolute atomic E-state index is 11.9. The number of fused-ring (bicyclic) bond motifs is 1. The summed E-state index contributed by atoms with van der Waals surface area (Å²) < 4.78 is 5.25. The van der Waals surface area contributed by atoms with E-state index in [0.717, 1.165) is 0 Å². The molecule has 2 aromatic rings. The van der Waals surface area contributed by atoms with Gasteiger partial charge in [-0.15, -0.1) is 0 Å². The SMILES string of the molecule is CC(C)CC(=O)C(=O)c1coc2ccccc12. The number of Topliss-reactive ketones (excluding diaryl/α,β-unsaturated/α-hetero) is 2. The van der Waals surface area contributed by atoms with Crippen LogP contribution in [-0.2, 0) is 4.79 Å². The van der Waals surface area contributed by atoms with E-state index in [4.69, 9.17) is 4.42 Å². The summed E-state index contributed by atoms with van der Waals surface area (Å²) in [6.45, 7) is 3.83. The standard InChI is InChI=1S/C14H14O3/c1-9(2)7-12(15)14(16)11-8-17-13-6-4-3-5-10(11)13/h3-6,8-9H,7H2,1-2H3. The normalized spacial score (nSPS) is 11.0. The molecule has 88 valence electrons. The topological polar surface area (TPSA) is 47.3 Å². The Kier molecular flexibility index (Phi) is 3.09. The predicted molar refractivity (Wildman–Crippen MR) is 65.0 cm³/mol. The first kappa shape index (κ1) is 11.6. The van der Waals surface area contributed by atoms with Crippen LogP contribution in [0.1, 0.15) is 30.6 Å². The van der Waals surface area contributed by atoms with E-state index in [1.54, 1.807) is 12.1 Å². The second-order valence-electron chi connectivity index (χ2n) is 4.50. The van der Waals surface area contributed by atoms with Gasteiger partial charge in [-0.3, -0.25) is 9.59 Å². The molecule has 0 unspecified atom stereocenters. The number of benzene rings is 1. The van der Waals surface area contributed by atoms with Gasteiger partial charge >= 0.3 is 0 Å². The third-order valence-electron chi connectivity index (χ3n) is 2.57. The Morgan fingerprint density at radius 3 is 2.65 bits per heavy atom. The zero-order valence-corrected chi connectivity index (χ0v) is 9.90. The zero-order chi connectivity index (χ0) is 12.4. The molecule has 0 aliphatic rings. The van der Waals surface area contributed by atoms with Gasteiger partial charge in [-0.25, -0.2) is 0 Å². The first-order chi connectivity index (χ1) is 8.09. The Morgan fingerprint density at radius 1 is 1.24 bits per heavy atom. The lowest BCUT2D eigenvalue weighted by atomic mass is 10.00. The third kappa shape index (κ3) is 2.28. The highest BCUT2D eigenvalue weighted by Gasteiger charge is 2.21. The Labute approximate surface area is 99.4 Å². The van der Waals surface area contributed by atoms with Gasteiger partial charge in [0.15, 0.2) is 0 Å². The van der Waals surface area contributed by atoms with E-state index in [-0.39, 0.29) is 18.1 Å². The van der Waals surface area contributed by atoms with Crippen LogP contribution in [0.25, 0.3) is 11.0 Å². The van der Waals surface area contributed by atoms with Gasteiger partial charge in [-0.1, -0.05) is 32.0 Å². The van der Waals surface area contributed by atoms with E-state index in [9.17, 15) is 9.59 Å². The largest absolute Gasteiger partial charge is 0.464 e. The number of furan rings is 1. The van der Waals surface area contributed by atoms with Crippen LogP contribution in [0.15, 0.2) is 34.9 Å². The van der Waals surface area contributed by atoms with Gasteiger partial charge in [0.2, 0.25) is 11.6 Å². The van der Waals surface area contributed by atoms with Crippen molar-refractivity contribution in [3.05, 3.63) is 36.1 Å². The Morgan fingerprint density at radius 2 is 1.94 bits per heavy atom. The summed E-state index contributed by atoms with van der Waals surface area (Å²) in [5.41, 5.74) is 0.999. The third-order valence-corrected chi connectivity index (χ3v) is 2.57. The Balaban J connectivity index is 2.34. The van der Waals surface area contributed by atoms with Crippen molar-refractivity contribution in [1.82, 2.24) is 0 Å². The number of hydrogen-bond acceptors (Lipinski definition) is 3.